The average Bonchev–Trinajstić information content (AvgIpc) is 2.83. The fourth-order valence-corrected chi connectivity index (χ4v) is 14.1. The summed E-state index contributed by atoms with van der Waals surface area (Å²) in [6, 6.07) is 105. The second kappa shape index (κ2) is 19.4. The Hall–Kier alpha value is -10.9. The largest absolute Gasteiger partial charge is 0.228 e. The van der Waals surface area contributed by atoms with Crippen LogP contribution < -0.4 is 0 Å². The summed E-state index contributed by atoms with van der Waals surface area (Å²) < 4.78 is 0. The molecule has 0 radical (unpaired) electrons. The van der Waals surface area contributed by atoms with E-state index in [0.717, 1.165) is 77.7 Å². The van der Waals surface area contributed by atoms with E-state index in [2.05, 4.69) is 291 Å². The fraction of sp³-hybridized carbons (Fsp3) is 0.0250. The standard InChI is InChI=1S/C80H50N4/c1-5-23-49(24-6-1)73-55-31-13-19-37-61(55)77(62-38-20-14-32-56(62)73)71-47-69(81-79(83-71)51-27-9-3-10-28-51)53-41-43-65-67(45-53)75-59-35-17-18-36-60(59)76(65)68-46-54(42-44-66(68)75)70-48-72(84-80(82-70)52-29-11-4-12-30-52)78-63-39-21-15-33-57(63)74(50-25-7-2-8-26-50)58-34-16-22-40-64(58)78/h1-48,75-76H. The smallest absolute Gasteiger partial charge is 0.160 e. The van der Waals surface area contributed by atoms with Crippen molar-refractivity contribution in [2.24, 2.45) is 0 Å². The monoisotopic (exact) mass is 1070 g/mol. The van der Waals surface area contributed by atoms with Crippen LogP contribution in [0.25, 0.3) is 133 Å². The lowest BCUT2D eigenvalue weighted by Crippen LogP contribution is -2.27. The third-order valence-electron chi connectivity index (χ3n) is 17.6. The van der Waals surface area contributed by atoms with E-state index in [1.54, 1.807) is 0 Å². The van der Waals surface area contributed by atoms with E-state index in [1.807, 2.05) is 0 Å². The van der Waals surface area contributed by atoms with Crippen LogP contribution in [0.5, 0.6) is 0 Å². The molecule has 2 unspecified atom stereocenters. The second-order valence-electron chi connectivity index (χ2n) is 22.3. The summed E-state index contributed by atoms with van der Waals surface area (Å²) in [4.78, 5) is 21.9. The van der Waals surface area contributed by atoms with Gasteiger partial charge in [-0.2, -0.15) is 0 Å². The molecule has 2 heterocycles. The highest BCUT2D eigenvalue weighted by atomic mass is 14.9. The predicted molar refractivity (Wildman–Crippen MR) is 346 cm³/mol. The van der Waals surface area contributed by atoms with Gasteiger partial charge in [0.1, 0.15) is 0 Å². The highest BCUT2D eigenvalue weighted by Crippen LogP contribution is 2.57. The van der Waals surface area contributed by atoms with Crippen LogP contribution in [0, 0.1) is 0 Å². The Labute approximate surface area is 486 Å². The van der Waals surface area contributed by atoms with Gasteiger partial charge < -0.3 is 0 Å². The van der Waals surface area contributed by atoms with Crippen LogP contribution >= 0.6 is 0 Å². The topological polar surface area (TPSA) is 51.6 Å². The molecule has 4 nitrogen and oxygen atoms in total. The maximum Gasteiger partial charge on any atom is 0.160 e. The number of nitrogens with zero attached hydrogens (tertiary/aromatic N) is 4. The quantitative estimate of drug-likeness (QED) is 0.142. The third-order valence-corrected chi connectivity index (χ3v) is 17.6. The lowest BCUT2D eigenvalue weighted by atomic mass is 9.60. The molecular weight excluding hydrogens is 1020 g/mol. The molecule has 0 saturated carbocycles. The first-order valence-electron chi connectivity index (χ1n) is 28.9. The first kappa shape index (κ1) is 47.8. The Morgan fingerprint density at radius 1 is 0.179 bits per heavy atom. The van der Waals surface area contributed by atoms with Crippen LogP contribution in [0.15, 0.2) is 291 Å². The summed E-state index contributed by atoms with van der Waals surface area (Å²) in [5, 5.41) is 9.39. The number of benzene rings is 13. The van der Waals surface area contributed by atoms with Crippen LogP contribution in [0.1, 0.15) is 45.2 Å². The van der Waals surface area contributed by atoms with Crippen LogP contribution in [0.2, 0.25) is 0 Å². The molecule has 0 aliphatic heterocycles. The zero-order chi connectivity index (χ0) is 55.2. The lowest BCUT2D eigenvalue weighted by molar-refractivity contribution is 0.755. The highest BCUT2D eigenvalue weighted by Gasteiger charge is 2.41. The van der Waals surface area contributed by atoms with Crippen molar-refractivity contribution >= 4 is 43.1 Å². The predicted octanol–water partition coefficient (Wildman–Crippen LogP) is 20.2. The molecule has 2 atom stereocenters. The van der Waals surface area contributed by atoms with Gasteiger partial charge in [-0.3, -0.25) is 0 Å². The van der Waals surface area contributed by atoms with Gasteiger partial charge in [0.15, 0.2) is 11.6 Å². The number of rotatable bonds is 8. The fourth-order valence-electron chi connectivity index (χ4n) is 14.1. The van der Waals surface area contributed by atoms with Gasteiger partial charge >= 0.3 is 0 Å². The molecule has 4 heteroatoms. The number of aromatic nitrogens is 4. The van der Waals surface area contributed by atoms with E-state index < -0.39 is 0 Å². The number of hydrogen-bond acceptors (Lipinski definition) is 4. The first-order chi connectivity index (χ1) is 41.7. The Morgan fingerprint density at radius 3 is 0.774 bits per heavy atom. The van der Waals surface area contributed by atoms with Gasteiger partial charge in [0.25, 0.3) is 0 Å². The van der Waals surface area contributed by atoms with E-state index in [1.165, 1.54) is 77.2 Å². The minimum atomic E-state index is 0.0141. The summed E-state index contributed by atoms with van der Waals surface area (Å²) in [7, 11) is 0. The maximum atomic E-state index is 5.49. The molecule has 0 spiro atoms. The molecule has 15 aromatic rings. The van der Waals surface area contributed by atoms with Gasteiger partial charge in [0.2, 0.25) is 0 Å². The van der Waals surface area contributed by atoms with Crippen molar-refractivity contribution in [1.29, 1.82) is 0 Å². The van der Waals surface area contributed by atoms with E-state index >= 15 is 0 Å². The van der Waals surface area contributed by atoms with Crippen molar-refractivity contribution in [2.45, 2.75) is 11.8 Å². The molecule has 2 bridgehead atoms. The summed E-state index contributed by atoms with van der Waals surface area (Å²) in [5.41, 5.74) is 22.6. The third kappa shape index (κ3) is 7.61. The van der Waals surface area contributed by atoms with E-state index in [9.17, 15) is 0 Å². The second-order valence-corrected chi connectivity index (χ2v) is 22.3. The van der Waals surface area contributed by atoms with Crippen LogP contribution in [0.3, 0.4) is 0 Å². The van der Waals surface area contributed by atoms with Crippen LogP contribution in [-0.4, -0.2) is 19.9 Å². The molecule has 390 valence electrons. The van der Waals surface area contributed by atoms with Crippen molar-refractivity contribution in [1.82, 2.24) is 19.9 Å². The van der Waals surface area contributed by atoms with Gasteiger partial charge in [0, 0.05) is 45.2 Å². The Morgan fingerprint density at radius 2 is 0.440 bits per heavy atom. The molecule has 0 saturated heterocycles. The summed E-state index contributed by atoms with van der Waals surface area (Å²) in [6.45, 7) is 0. The van der Waals surface area contributed by atoms with Gasteiger partial charge in [-0.1, -0.05) is 267 Å². The normalized spacial score (nSPS) is 14.0. The van der Waals surface area contributed by atoms with Gasteiger partial charge in [-0.15, -0.1) is 0 Å². The zero-order valence-electron chi connectivity index (χ0n) is 45.7. The molecule has 2 aromatic heterocycles. The maximum absolute atomic E-state index is 5.49. The average molecular weight is 1070 g/mol. The molecule has 3 aliphatic rings. The van der Waals surface area contributed by atoms with E-state index in [4.69, 9.17) is 19.9 Å². The van der Waals surface area contributed by atoms with E-state index in [-0.39, 0.29) is 11.8 Å². The van der Waals surface area contributed by atoms with Gasteiger partial charge in [-0.05, 0) is 123 Å². The van der Waals surface area contributed by atoms with Gasteiger partial charge in [-0.25, -0.2) is 19.9 Å². The SMILES string of the molecule is c1ccc(-c2nc(-c3ccc4c(c3)C3c5ccccc5C4c4cc(-c5cc(-c6c7ccccc7c(-c7ccccc7)c7ccccc67)nc(-c6ccccc6)n5)ccc43)cc(-c3c4ccccc4c(-c4ccccc4)c4ccccc34)n2)cc1. The van der Waals surface area contributed by atoms with Crippen LogP contribution in [-0.2, 0) is 0 Å². The Kier molecular flexibility index (Phi) is 11.0. The molecule has 0 fully saturated rings. The molecule has 3 aliphatic carbocycles. The van der Waals surface area contributed by atoms with E-state index in [0.29, 0.717) is 11.6 Å². The molecular formula is C80H50N4. The highest BCUT2D eigenvalue weighted by molar-refractivity contribution is 6.22. The molecule has 0 amide bonds. The zero-order valence-corrected chi connectivity index (χ0v) is 45.7. The minimum Gasteiger partial charge on any atom is -0.228 e. The molecule has 13 aromatic carbocycles. The van der Waals surface area contributed by atoms with Crippen molar-refractivity contribution in [3.05, 3.63) is 325 Å². The lowest BCUT2D eigenvalue weighted by Gasteiger charge is -2.42. The van der Waals surface area contributed by atoms with Gasteiger partial charge in [0.05, 0.1) is 22.8 Å². The van der Waals surface area contributed by atoms with Crippen molar-refractivity contribution in [3.8, 4) is 90.1 Å². The number of hydrogen-bond donors (Lipinski definition) is 0. The molecule has 0 N–H and O–H groups in total. The summed E-state index contributed by atoms with van der Waals surface area (Å²) in [5.74, 6) is 1.42. The van der Waals surface area contributed by atoms with Crippen molar-refractivity contribution in [2.75, 3.05) is 0 Å². The molecule has 18 rings (SSSR count). The summed E-state index contributed by atoms with van der Waals surface area (Å²) in [6.07, 6.45) is 0. The first-order valence-corrected chi connectivity index (χ1v) is 28.9. The number of fused-ring (bicyclic) bond motifs is 4. The minimum absolute atomic E-state index is 0.0141. The Bertz CT molecular complexity index is 4700. The Balaban J connectivity index is 0.827. The van der Waals surface area contributed by atoms with Crippen molar-refractivity contribution < 1.29 is 0 Å². The molecule has 84 heavy (non-hydrogen) atoms. The van der Waals surface area contributed by atoms with Crippen LogP contribution in [0.4, 0.5) is 0 Å². The summed E-state index contributed by atoms with van der Waals surface area (Å²) >= 11 is 0. The van der Waals surface area contributed by atoms with Crippen molar-refractivity contribution in [3.63, 3.8) is 0 Å².